The van der Waals surface area contributed by atoms with Crippen LogP contribution in [0.4, 0.5) is 0 Å². The number of fused-ring (bicyclic) bond motifs is 1. The first kappa shape index (κ1) is 21.5. The number of aliphatic hydroxyl groups excluding tert-OH is 1. The summed E-state index contributed by atoms with van der Waals surface area (Å²) in [6.45, 7) is 0.481. The van der Waals surface area contributed by atoms with Crippen molar-refractivity contribution in [3.05, 3.63) is 0 Å². The summed E-state index contributed by atoms with van der Waals surface area (Å²) in [5.74, 6) is -0.393. The molecule has 28 heavy (non-hydrogen) atoms. The maximum absolute atomic E-state index is 12.1. The number of guanidine groups is 1. The third kappa shape index (κ3) is 4.67. The van der Waals surface area contributed by atoms with Crippen molar-refractivity contribution in [3.63, 3.8) is 0 Å². The molecular formula is C12H21N5O9P2. The second-order valence-corrected chi connectivity index (χ2v) is 10.1. The van der Waals surface area contributed by atoms with Gasteiger partial charge in [-0.25, -0.2) is 8.88 Å². The van der Waals surface area contributed by atoms with Gasteiger partial charge in [-0.3, -0.25) is 18.8 Å². The molecule has 0 aromatic carbocycles. The van der Waals surface area contributed by atoms with Crippen LogP contribution in [0.2, 0.25) is 0 Å². The van der Waals surface area contributed by atoms with E-state index in [2.05, 4.69) is 18.8 Å². The highest BCUT2D eigenvalue weighted by molar-refractivity contribution is 7.63. The van der Waals surface area contributed by atoms with E-state index in [-0.39, 0.29) is 24.9 Å². The molecule has 0 saturated carbocycles. The Morgan fingerprint density at radius 2 is 2.04 bits per heavy atom. The highest BCUT2D eigenvalue weighted by atomic mass is 31.3. The Balaban J connectivity index is 1.66. The van der Waals surface area contributed by atoms with E-state index in [1.807, 2.05) is 0 Å². The number of amidine groups is 1. The summed E-state index contributed by atoms with van der Waals surface area (Å²) in [7, 11) is -7.34. The summed E-state index contributed by atoms with van der Waals surface area (Å²) >= 11 is 0. The predicted octanol–water partition coefficient (Wildman–Crippen LogP) is -1.76. The Morgan fingerprint density at radius 3 is 2.68 bits per heavy atom. The molecule has 0 aliphatic carbocycles. The minimum atomic E-state index is -4.78. The summed E-state index contributed by atoms with van der Waals surface area (Å²) < 4.78 is 37.3. The number of phosphoric acid groups is 1. The normalized spacial score (nSPS) is 35.2. The Bertz CT molecular complexity index is 813. The molecule has 2 fully saturated rings. The molecule has 5 N–H and O–H groups in total. The lowest BCUT2D eigenvalue weighted by Gasteiger charge is -2.28. The molecule has 3 rings (SSSR count). The van der Waals surface area contributed by atoms with Gasteiger partial charge in [-0.1, -0.05) is 0 Å². The number of aliphatic imine (C=N–C) groups is 2. The molecular weight excluding hydrogens is 420 g/mol. The van der Waals surface area contributed by atoms with Gasteiger partial charge in [0.25, 0.3) is 5.91 Å². The quantitative estimate of drug-likeness (QED) is 0.339. The summed E-state index contributed by atoms with van der Waals surface area (Å²) in [5.41, 5.74) is 5.55. The van der Waals surface area contributed by atoms with Crippen LogP contribution in [0.25, 0.3) is 0 Å². The standard InChI is InChI=1S/C12H21N5O9P2/c1-16-5-17(9-8(16)10(19)15-12(13)14-9)11-7(18)3-6(25-11)4-24-28(22,23)26-27(2,20)21/h6-8,11,18H,3-5H2,1-2H3,(H,20,21)(H,22,23)(H2,13,15,19)/t6-,7-,8?,11+/m1/s1. The van der Waals surface area contributed by atoms with Gasteiger partial charge in [-0.05, 0) is 7.05 Å². The first-order chi connectivity index (χ1) is 12.9. The minimum Gasteiger partial charge on any atom is -0.388 e. The zero-order valence-corrected chi connectivity index (χ0v) is 16.8. The van der Waals surface area contributed by atoms with Crippen molar-refractivity contribution in [1.29, 1.82) is 0 Å². The van der Waals surface area contributed by atoms with Gasteiger partial charge in [-0.15, -0.1) is 0 Å². The molecule has 3 aliphatic rings. The number of carbonyl (C=O) groups excluding carboxylic acids is 1. The maximum Gasteiger partial charge on any atom is 0.479 e. The van der Waals surface area contributed by atoms with Gasteiger partial charge in [0.15, 0.2) is 12.3 Å². The highest BCUT2D eigenvalue weighted by Gasteiger charge is 2.49. The largest absolute Gasteiger partial charge is 0.479 e. The summed E-state index contributed by atoms with van der Waals surface area (Å²) in [6, 6.07) is -0.743. The number of nitrogens with zero attached hydrogens (tertiary/aromatic N) is 4. The van der Waals surface area contributed by atoms with Crippen molar-refractivity contribution >= 4 is 33.1 Å². The molecule has 16 heteroatoms. The molecule has 0 bridgehead atoms. The van der Waals surface area contributed by atoms with E-state index in [9.17, 15) is 23.9 Å². The van der Waals surface area contributed by atoms with Crippen LogP contribution in [0.3, 0.4) is 0 Å². The van der Waals surface area contributed by atoms with Crippen molar-refractivity contribution in [2.24, 2.45) is 15.7 Å². The van der Waals surface area contributed by atoms with Crippen LogP contribution in [-0.2, 0) is 27.5 Å². The van der Waals surface area contributed by atoms with Gasteiger partial charge >= 0.3 is 15.4 Å². The lowest BCUT2D eigenvalue weighted by Crippen LogP contribution is -2.47. The molecule has 3 aliphatic heterocycles. The second-order valence-electron chi connectivity index (χ2n) is 6.65. The molecule has 0 spiro atoms. The SMILES string of the molecule is CN1CN([C@H]2O[C@@H](COP(=O)(O)OP(C)(=O)O)C[C@H]2O)C2=NC(N)=NC(=O)C21. The van der Waals surface area contributed by atoms with E-state index in [0.29, 0.717) is 0 Å². The van der Waals surface area contributed by atoms with Crippen molar-refractivity contribution in [2.75, 3.05) is 27.0 Å². The smallest absolute Gasteiger partial charge is 0.388 e. The third-order valence-electron chi connectivity index (χ3n) is 4.19. The number of nitrogens with two attached hydrogens (primary N) is 1. The van der Waals surface area contributed by atoms with E-state index in [4.69, 9.17) is 15.4 Å². The molecule has 0 aromatic rings. The van der Waals surface area contributed by atoms with E-state index < -0.39 is 52.4 Å². The zero-order chi connectivity index (χ0) is 20.9. The van der Waals surface area contributed by atoms with E-state index in [1.165, 1.54) is 0 Å². The molecule has 14 nitrogen and oxygen atoms in total. The monoisotopic (exact) mass is 441 g/mol. The van der Waals surface area contributed by atoms with Gasteiger partial charge in [0.2, 0.25) is 5.96 Å². The number of rotatable bonds is 6. The van der Waals surface area contributed by atoms with Crippen LogP contribution in [0.15, 0.2) is 9.98 Å². The number of carbonyl (C=O) groups is 1. The first-order valence-electron chi connectivity index (χ1n) is 8.12. The molecule has 3 unspecified atom stereocenters. The zero-order valence-electron chi connectivity index (χ0n) is 15.0. The fraction of sp³-hybridized carbons (Fsp3) is 0.750. The van der Waals surface area contributed by atoms with Crippen LogP contribution in [0.5, 0.6) is 0 Å². The molecule has 0 radical (unpaired) electrons. The number of aliphatic hydroxyl groups is 1. The van der Waals surface area contributed by atoms with E-state index >= 15 is 0 Å². The van der Waals surface area contributed by atoms with Crippen molar-refractivity contribution in [3.8, 4) is 0 Å². The van der Waals surface area contributed by atoms with E-state index in [1.54, 1.807) is 16.8 Å². The van der Waals surface area contributed by atoms with Gasteiger partial charge in [0.05, 0.1) is 19.4 Å². The molecule has 1 amide bonds. The second kappa shape index (κ2) is 7.56. The third-order valence-corrected chi connectivity index (χ3v) is 6.71. The number of amides is 1. The highest BCUT2D eigenvalue weighted by Crippen LogP contribution is 2.58. The summed E-state index contributed by atoms with van der Waals surface area (Å²) in [5, 5.41) is 10.4. The number of hydrogen-bond acceptors (Lipinski definition) is 11. The topological polar surface area (TPSA) is 197 Å². The molecule has 2 saturated heterocycles. The van der Waals surface area contributed by atoms with Crippen LogP contribution < -0.4 is 5.73 Å². The van der Waals surface area contributed by atoms with E-state index in [0.717, 1.165) is 6.66 Å². The summed E-state index contributed by atoms with van der Waals surface area (Å²) in [6.07, 6.45) is -2.70. The Morgan fingerprint density at radius 1 is 1.36 bits per heavy atom. The molecule has 3 heterocycles. The summed E-state index contributed by atoms with van der Waals surface area (Å²) in [4.78, 5) is 41.5. The molecule has 0 aromatic heterocycles. The van der Waals surface area contributed by atoms with Crippen molar-refractivity contribution in [1.82, 2.24) is 9.80 Å². The lowest BCUT2D eigenvalue weighted by atomic mass is 10.2. The maximum atomic E-state index is 12.1. The van der Waals surface area contributed by atoms with Gasteiger partial charge in [-0.2, -0.15) is 9.98 Å². The van der Waals surface area contributed by atoms with Gasteiger partial charge in [0, 0.05) is 13.1 Å². The average Bonchev–Trinajstić information content (AvgIpc) is 3.03. The van der Waals surface area contributed by atoms with Crippen LogP contribution in [0.1, 0.15) is 6.42 Å². The fourth-order valence-electron chi connectivity index (χ4n) is 3.21. The van der Waals surface area contributed by atoms with Crippen LogP contribution in [-0.4, -0.2) is 93.9 Å². The lowest BCUT2D eigenvalue weighted by molar-refractivity contribution is -0.120. The number of hydrogen-bond donors (Lipinski definition) is 4. The number of likely N-dealkylation sites (N-methyl/N-ethyl adjacent to an activating group) is 1. The van der Waals surface area contributed by atoms with Crippen molar-refractivity contribution < 1.29 is 42.4 Å². The van der Waals surface area contributed by atoms with Gasteiger partial charge < -0.3 is 30.3 Å². The first-order valence-corrected chi connectivity index (χ1v) is 11.6. The molecule has 6 atom stereocenters. The number of phosphoric ester groups is 1. The Labute approximate surface area is 159 Å². The van der Waals surface area contributed by atoms with Gasteiger partial charge in [0.1, 0.15) is 11.9 Å². The molecule has 158 valence electrons. The number of ether oxygens (including phenoxy) is 1. The van der Waals surface area contributed by atoms with Crippen molar-refractivity contribution in [2.45, 2.75) is 30.9 Å². The fourth-order valence-corrected chi connectivity index (χ4v) is 5.29. The minimum absolute atomic E-state index is 0.0449. The predicted molar refractivity (Wildman–Crippen MR) is 94.2 cm³/mol. The Hall–Kier alpha value is -1.21. The Kier molecular flexibility index (Phi) is 5.80. The average molecular weight is 441 g/mol. The van der Waals surface area contributed by atoms with Crippen LogP contribution in [0, 0.1) is 0 Å². The van der Waals surface area contributed by atoms with Crippen LogP contribution >= 0.6 is 15.4 Å².